The molecule has 0 amide bonds. The molecule has 26 heavy (non-hydrogen) atoms. The molecule has 4 fully saturated rings. The fourth-order valence-electron chi connectivity index (χ4n) is 8.30. The molecule has 0 radical (unpaired) electrons. The van der Waals surface area contributed by atoms with E-state index in [9.17, 15) is 9.90 Å². The monoisotopic (exact) mass is 357 g/mol. The molecule has 0 aromatic rings. The minimum absolute atomic E-state index is 0.229. The number of carbonyl (C=O) groups is 1. The third-order valence-corrected chi connectivity index (χ3v) is 9.72. The second kappa shape index (κ2) is 6.06. The molecule has 0 aromatic heterocycles. The highest BCUT2D eigenvalue weighted by molar-refractivity contribution is 5.79. The Morgan fingerprint density at radius 1 is 1.04 bits per heavy atom. The average molecular weight is 358 g/mol. The lowest BCUT2D eigenvalue weighted by Gasteiger charge is -2.62. The van der Waals surface area contributed by atoms with Gasteiger partial charge >= 0.3 is 0 Å². The number of aliphatic hydroxyl groups is 1. The number of fused-ring (bicyclic) bond motifs is 5. The minimum Gasteiger partial charge on any atom is -0.389 e. The highest BCUT2D eigenvalue weighted by Crippen LogP contribution is 2.68. The normalized spacial score (nSPS) is 53.1. The maximum Gasteiger partial charge on any atom is 0.133 e. The largest absolute Gasteiger partial charge is 0.389 e. The van der Waals surface area contributed by atoms with E-state index in [4.69, 9.17) is 5.26 Å². The second-order valence-corrected chi connectivity index (χ2v) is 10.7. The highest BCUT2D eigenvalue weighted by atomic mass is 16.3. The molecular formula is C23H35NO2. The Kier molecular flexibility index (Phi) is 4.31. The number of hydrogen-bond acceptors (Lipinski definition) is 3. The first-order chi connectivity index (χ1) is 12.2. The zero-order valence-electron chi connectivity index (χ0n) is 16.8. The summed E-state index contributed by atoms with van der Waals surface area (Å²) in [6.07, 6.45) is 10.2. The van der Waals surface area contributed by atoms with E-state index in [0.29, 0.717) is 23.0 Å². The van der Waals surface area contributed by atoms with E-state index in [0.717, 1.165) is 37.5 Å². The molecule has 0 aliphatic heterocycles. The van der Waals surface area contributed by atoms with Gasteiger partial charge in [0.1, 0.15) is 5.78 Å². The summed E-state index contributed by atoms with van der Waals surface area (Å²) in [5, 5.41) is 19.9. The maximum absolute atomic E-state index is 12.2. The Morgan fingerprint density at radius 3 is 2.46 bits per heavy atom. The van der Waals surface area contributed by atoms with E-state index >= 15 is 0 Å². The van der Waals surface area contributed by atoms with Gasteiger partial charge in [0.2, 0.25) is 0 Å². The van der Waals surface area contributed by atoms with Gasteiger partial charge in [0.25, 0.3) is 0 Å². The Hall–Kier alpha value is -0.880. The van der Waals surface area contributed by atoms with Gasteiger partial charge in [0.05, 0.1) is 18.1 Å². The van der Waals surface area contributed by atoms with Crippen molar-refractivity contribution in [3.63, 3.8) is 0 Å². The lowest BCUT2D eigenvalue weighted by Crippen LogP contribution is -2.56. The molecule has 3 heteroatoms. The average Bonchev–Trinajstić information content (AvgIpc) is 2.93. The van der Waals surface area contributed by atoms with Crippen molar-refractivity contribution in [2.75, 3.05) is 0 Å². The molecule has 0 saturated heterocycles. The Bertz CT molecular complexity index is 639. The van der Waals surface area contributed by atoms with Crippen LogP contribution in [0.25, 0.3) is 0 Å². The van der Waals surface area contributed by atoms with E-state index in [2.05, 4.69) is 19.9 Å². The minimum atomic E-state index is -0.748. The van der Waals surface area contributed by atoms with Crippen LogP contribution >= 0.6 is 0 Å². The van der Waals surface area contributed by atoms with Crippen LogP contribution in [0.2, 0.25) is 0 Å². The van der Waals surface area contributed by atoms with E-state index in [-0.39, 0.29) is 17.8 Å². The standard InChI is InChI=1S/C23H35NO2/c1-15(25)18-6-7-19-17-5-4-16-14-23(26,12-13-24)11-10-21(16,2)20(17)8-9-22(18,19)3/h16-20,26H,4-12,14H2,1-3H3/t16?,17-,18+,19-,20-,21-,22+,23?/m0/s1. The lowest BCUT2D eigenvalue weighted by atomic mass is 9.43. The van der Waals surface area contributed by atoms with Gasteiger partial charge in [-0.3, -0.25) is 4.79 Å². The molecule has 4 aliphatic carbocycles. The topological polar surface area (TPSA) is 61.1 Å². The number of rotatable bonds is 2. The van der Waals surface area contributed by atoms with Crippen LogP contribution in [0.15, 0.2) is 0 Å². The summed E-state index contributed by atoms with van der Waals surface area (Å²) in [6.45, 7) is 6.70. The van der Waals surface area contributed by atoms with Crippen LogP contribution in [0.4, 0.5) is 0 Å². The van der Waals surface area contributed by atoms with Crippen LogP contribution in [-0.4, -0.2) is 16.5 Å². The lowest BCUT2D eigenvalue weighted by molar-refractivity contribution is -0.152. The van der Waals surface area contributed by atoms with Gasteiger partial charge in [0, 0.05) is 5.92 Å². The van der Waals surface area contributed by atoms with Crippen molar-refractivity contribution in [1.29, 1.82) is 5.26 Å². The fraction of sp³-hybridized carbons (Fsp3) is 0.913. The van der Waals surface area contributed by atoms with E-state index in [1.54, 1.807) is 6.92 Å². The van der Waals surface area contributed by atoms with Gasteiger partial charge in [0.15, 0.2) is 0 Å². The van der Waals surface area contributed by atoms with Gasteiger partial charge in [-0.2, -0.15) is 5.26 Å². The Morgan fingerprint density at radius 2 is 1.77 bits per heavy atom. The third kappa shape index (κ3) is 2.51. The highest BCUT2D eigenvalue weighted by Gasteiger charge is 2.61. The van der Waals surface area contributed by atoms with Crippen LogP contribution in [0.5, 0.6) is 0 Å². The molecule has 4 aliphatic rings. The summed E-state index contributed by atoms with van der Waals surface area (Å²) in [4.78, 5) is 12.2. The number of nitriles is 1. The van der Waals surface area contributed by atoms with Crippen molar-refractivity contribution < 1.29 is 9.90 Å². The SMILES string of the molecule is CC(=O)[C@H]1CC[C@H]2[C@@H]3CCC4CC(O)(CC#N)CC[C@]4(C)[C@H]3CC[C@]12C. The third-order valence-electron chi connectivity index (χ3n) is 9.72. The van der Waals surface area contributed by atoms with Crippen molar-refractivity contribution in [3.05, 3.63) is 0 Å². The molecule has 8 atom stereocenters. The fourth-order valence-corrected chi connectivity index (χ4v) is 8.30. The smallest absolute Gasteiger partial charge is 0.133 e. The summed E-state index contributed by atoms with van der Waals surface area (Å²) in [5.41, 5.74) is -0.200. The summed E-state index contributed by atoms with van der Waals surface area (Å²) < 4.78 is 0. The van der Waals surface area contributed by atoms with Crippen molar-refractivity contribution in [1.82, 2.24) is 0 Å². The Labute approximate surface area is 158 Å². The van der Waals surface area contributed by atoms with Crippen molar-refractivity contribution in [2.24, 2.45) is 40.4 Å². The molecule has 4 rings (SSSR count). The van der Waals surface area contributed by atoms with Crippen LogP contribution in [-0.2, 0) is 4.79 Å². The zero-order valence-corrected chi connectivity index (χ0v) is 16.8. The first-order valence-electron chi connectivity index (χ1n) is 10.8. The number of hydrogen-bond donors (Lipinski definition) is 1. The molecular weight excluding hydrogens is 322 g/mol. The van der Waals surface area contributed by atoms with Crippen LogP contribution in [0.1, 0.15) is 85.0 Å². The Balaban J connectivity index is 1.58. The summed E-state index contributed by atoms with van der Waals surface area (Å²) in [7, 11) is 0. The van der Waals surface area contributed by atoms with E-state index in [1.165, 1.54) is 32.1 Å². The molecule has 0 heterocycles. The summed E-state index contributed by atoms with van der Waals surface area (Å²) in [5.74, 6) is 3.48. The molecule has 0 spiro atoms. The number of ketones is 1. The summed E-state index contributed by atoms with van der Waals surface area (Å²) in [6, 6.07) is 2.21. The van der Waals surface area contributed by atoms with Crippen LogP contribution in [0, 0.1) is 51.8 Å². The predicted octanol–water partition coefficient (Wildman–Crippen LogP) is 4.88. The molecule has 1 N–H and O–H groups in total. The van der Waals surface area contributed by atoms with Crippen molar-refractivity contribution >= 4 is 5.78 Å². The van der Waals surface area contributed by atoms with E-state index in [1.807, 2.05) is 0 Å². The first-order valence-corrected chi connectivity index (χ1v) is 10.8. The predicted molar refractivity (Wildman–Crippen MR) is 101 cm³/mol. The summed E-state index contributed by atoms with van der Waals surface area (Å²) >= 11 is 0. The van der Waals surface area contributed by atoms with E-state index < -0.39 is 5.60 Å². The number of Topliss-reactive ketones (excluding diaryl/α,β-unsaturated/α-hetero) is 1. The van der Waals surface area contributed by atoms with Crippen LogP contribution < -0.4 is 0 Å². The van der Waals surface area contributed by atoms with Crippen LogP contribution in [0.3, 0.4) is 0 Å². The van der Waals surface area contributed by atoms with Crippen molar-refractivity contribution in [3.8, 4) is 6.07 Å². The number of carbonyl (C=O) groups excluding carboxylic acids is 1. The van der Waals surface area contributed by atoms with Gasteiger partial charge in [-0.05, 0) is 99.2 Å². The molecule has 0 aromatic carbocycles. The van der Waals surface area contributed by atoms with Gasteiger partial charge in [-0.25, -0.2) is 0 Å². The van der Waals surface area contributed by atoms with Gasteiger partial charge < -0.3 is 5.11 Å². The van der Waals surface area contributed by atoms with Gasteiger partial charge in [-0.1, -0.05) is 13.8 Å². The maximum atomic E-state index is 12.2. The molecule has 3 nitrogen and oxygen atoms in total. The van der Waals surface area contributed by atoms with Gasteiger partial charge in [-0.15, -0.1) is 0 Å². The quantitative estimate of drug-likeness (QED) is 0.766. The molecule has 0 bridgehead atoms. The van der Waals surface area contributed by atoms with Crippen molar-refractivity contribution in [2.45, 2.75) is 90.6 Å². The second-order valence-electron chi connectivity index (χ2n) is 10.7. The first kappa shape index (κ1) is 18.5. The zero-order chi connectivity index (χ0) is 18.7. The molecule has 2 unspecified atom stereocenters. The molecule has 144 valence electrons. The number of nitrogens with zero attached hydrogens (tertiary/aromatic N) is 1. The molecule has 4 saturated carbocycles.